The van der Waals surface area contributed by atoms with Gasteiger partial charge < -0.3 is 10.1 Å². The van der Waals surface area contributed by atoms with Gasteiger partial charge in [0.1, 0.15) is 12.6 Å². The molecule has 15 heavy (non-hydrogen) atoms. The molecule has 0 bridgehead atoms. The Bertz CT molecular complexity index is 519. The monoisotopic (exact) mass is 243 g/mol. The number of hydrogen-bond acceptors (Lipinski definition) is 7. The van der Waals surface area contributed by atoms with Gasteiger partial charge in [-0.25, -0.2) is 0 Å². The van der Waals surface area contributed by atoms with Crippen molar-refractivity contribution in [3.05, 3.63) is 16.3 Å². The minimum atomic E-state index is -0.498. The number of nitro groups is 1. The summed E-state index contributed by atoms with van der Waals surface area (Å²) in [5.74, 6) is -0.0977. The van der Waals surface area contributed by atoms with E-state index < -0.39 is 4.92 Å². The second-order valence-electron chi connectivity index (χ2n) is 2.65. The van der Waals surface area contributed by atoms with Crippen LogP contribution >= 0.6 is 24.0 Å². The summed E-state index contributed by atoms with van der Waals surface area (Å²) in [6.07, 6.45) is 1.39. The molecule has 78 valence electrons. The van der Waals surface area contributed by atoms with E-state index in [2.05, 4.69) is 27.9 Å². The van der Waals surface area contributed by atoms with Gasteiger partial charge in [-0.1, -0.05) is 16.4 Å². The van der Waals surface area contributed by atoms with Crippen LogP contribution in [0.15, 0.2) is 10.5 Å². The lowest BCUT2D eigenvalue weighted by atomic mass is 10.3. The number of nitrogens with zero attached hydrogens (tertiary/aromatic N) is 5. The average Bonchev–Trinajstić information content (AvgIpc) is 2.71. The number of aromatic nitrogens is 4. The van der Waals surface area contributed by atoms with Crippen LogP contribution in [0, 0.1) is 10.1 Å². The van der Waals surface area contributed by atoms with Gasteiger partial charge in [0.05, 0.1) is 6.20 Å². The predicted octanol–water partition coefficient (Wildman–Crippen LogP) is 1.14. The highest BCUT2D eigenvalue weighted by Crippen LogP contribution is 2.31. The van der Waals surface area contributed by atoms with E-state index in [1.807, 2.05) is 0 Å². The van der Waals surface area contributed by atoms with Gasteiger partial charge >= 0.3 is 5.82 Å². The van der Waals surface area contributed by atoms with Crippen molar-refractivity contribution < 1.29 is 4.92 Å². The van der Waals surface area contributed by atoms with Crippen LogP contribution < -0.4 is 0 Å². The van der Waals surface area contributed by atoms with Crippen LogP contribution in [0.2, 0.25) is 0 Å². The number of aryl methyl sites for hydroxylation is 1. The lowest BCUT2D eigenvalue weighted by molar-refractivity contribution is -0.391. The zero-order valence-electron chi connectivity index (χ0n) is 7.49. The van der Waals surface area contributed by atoms with Crippen molar-refractivity contribution in [2.24, 2.45) is 7.05 Å². The van der Waals surface area contributed by atoms with E-state index >= 15 is 0 Å². The molecule has 0 aliphatic heterocycles. The SMILES string of the molecule is Cn1ncc(-c2nnc(S)s2)c1[N+](=O)[O-]. The first-order valence-corrected chi connectivity index (χ1v) is 5.05. The van der Waals surface area contributed by atoms with Crippen LogP contribution in [-0.4, -0.2) is 24.9 Å². The highest BCUT2D eigenvalue weighted by Gasteiger charge is 2.23. The van der Waals surface area contributed by atoms with Gasteiger partial charge in [-0.15, -0.1) is 27.5 Å². The Morgan fingerprint density at radius 3 is 2.87 bits per heavy atom. The molecule has 0 spiro atoms. The Balaban J connectivity index is 2.58. The van der Waals surface area contributed by atoms with E-state index in [1.165, 1.54) is 29.3 Å². The van der Waals surface area contributed by atoms with Crippen molar-refractivity contribution in [2.75, 3.05) is 0 Å². The zero-order chi connectivity index (χ0) is 11.0. The van der Waals surface area contributed by atoms with Crippen LogP contribution in [0.3, 0.4) is 0 Å². The Hall–Kier alpha value is -1.48. The van der Waals surface area contributed by atoms with Crippen LogP contribution in [0.4, 0.5) is 5.82 Å². The highest BCUT2D eigenvalue weighted by molar-refractivity contribution is 7.82. The minimum absolute atomic E-state index is 0.0977. The summed E-state index contributed by atoms with van der Waals surface area (Å²) in [6, 6.07) is 0. The average molecular weight is 243 g/mol. The fourth-order valence-electron chi connectivity index (χ4n) is 1.12. The summed E-state index contributed by atoms with van der Waals surface area (Å²) in [5, 5.41) is 22.5. The molecule has 9 heteroatoms. The van der Waals surface area contributed by atoms with Crippen LogP contribution in [-0.2, 0) is 7.05 Å². The molecule has 0 saturated carbocycles. The van der Waals surface area contributed by atoms with Crippen LogP contribution in [0.1, 0.15) is 0 Å². The summed E-state index contributed by atoms with van der Waals surface area (Å²) >= 11 is 5.17. The molecule has 2 rings (SSSR count). The van der Waals surface area contributed by atoms with Gasteiger partial charge in [-0.05, 0) is 4.92 Å². The largest absolute Gasteiger partial charge is 0.358 e. The van der Waals surface area contributed by atoms with E-state index in [0.29, 0.717) is 14.9 Å². The van der Waals surface area contributed by atoms with Gasteiger partial charge in [0.15, 0.2) is 9.35 Å². The standard InChI is InChI=1S/C6H5N5O2S2/c1-10-5(11(12)13)3(2-7-10)4-8-9-6(14)15-4/h2H,1H3,(H,9,14). The molecule has 0 atom stereocenters. The molecule has 0 saturated heterocycles. The topological polar surface area (TPSA) is 86.7 Å². The van der Waals surface area contributed by atoms with E-state index in [4.69, 9.17) is 0 Å². The van der Waals surface area contributed by atoms with Crippen LogP contribution in [0.5, 0.6) is 0 Å². The lowest BCUT2D eigenvalue weighted by Gasteiger charge is -1.94. The van der Waals surface area contributed by atoms with E-state index in [9.17, 15) is 10.1 Å². The molecule has 7 nitrogen and oxygen atoms in total. The summed E-state index contributed by atoms with van der Waals surface area (Å²) in [4.78, 5) is 10.3. The molecule has 0 aromatic carbocycles. The summed E-state index contributed by atoms with van der Waals surface area (Å²) < 4.78 is 1.65. The molecule has 2 aromatic rings. The molecule has 2 aromatic heterocycles. The minimum Gasteiger partial charge on any atom is -0.358 e. The van der Waals surface area contributed by atoms with Crippen molar-refractivity contribution in [1.82, 2.24) is 20.0 Å². The normalized spacial score (nSPS) is 10.5. The molecule has 0 fully saturated rings. The first kappa shape index (κ1) is 10.1. The van der Waals surface area contributed by atoms with E-state index in [-0.39, 0.29) is 5.82 Å². The molecule has 0 unspecified atom stereocenters. The summed E-state index contributed by atoms with van der Waals surface area (Å²) in [5.41, 5.74) is 0.361. The zero-order valence-corrected chi connectivity index (χ0v) is 9.20. The number of rotatable bonds is 2. The summed E-state index contributed by atoms with van der Waals surface area (Å²) in [7, 11) is 1.50. The first-order valence-electron chi connectivity index (χ1n) is 3.79. The fourth-order valence-corrected chi connectivity index (χ4v) is 2.02. The molecule has 0 amide bonds. The van der Waals surface area contributed by atoms with Gasteiger partial charge in [0.2, 0.25) is 0 Å². The van der Waals surface area contributed by atoms with Crippen molar-refractivity contribution in [3.8, 4) is 10.6 Å². The van der Waals surface area contributed by atoms with Crippen LogP contribution in [0.25, 0.3) is 10.6 Å². The Morgan fingerprint density at radius 2 is 2.33 bits per heavy atom. The Morgan fingerprint density at radius 1 is 1.60 bits per heavy atom. The van der Waals surface area contributed by atoms with E-state index in [0.717, 1.165) is 0 Å². The number of hydrogen-bond donors (Lipinski definition) is 1. The molecular weight excluding hydrogens is 238 g/mol. The molecule has 0 aliphatic carbocycles. The highest BCUT2D eigenvalue weighted by atomic mass is 32.2. The third-order valence-electron chi connectivity index (χ3n) is 1.73. The quantitative estimate of drug-likeness (QED) is 0.485. The fraction of sp³-hybridized carbons (Fsp3) is 0.167. The van der Waals surface area contributed by atoms with Crippen molar-refractivity contribution >= 4 is 29.8 Å². The molecule has 2 heterocycles. The maximum Gasteiger partial charge on any atom is 0.355 e. The van der Waals surface area contributed by atoms with Gasteiger partial charge in [0, 0.05) is 0 Å². The molecule has 0 radical (unpaired) electrons. The molecule has 0 aliphatic rings. The third-order valence-corrected chi connectivity index (χ3v) is 2.85. The first-order chi connectivity index (χ1) is 7.09. The van der Waals surface area contributed by atoms with Crippen molar-refractivity contribution in [1.29, 1.82) is 0 Å². The predicted molar refractivity (Wildman–Crippen MR) is 56.0 cm³/mol. The Kier molecular flexibility index (Phi) is 2.40. The Labute approximate surface area is 93.3 Å². The molecule has 0 N–H and O–H groups in total. The maximum atomic E-state index is 10.8. The third kappa shape index (κ3) is 1.70. The second kappa shape index (κ2) is 3.59. The van der Waals surface area contributed by atoms with E-state index in [1.54, 1.807) is 0 Å². The van der Waals surface area contributed by atoms with Crippen molar-refractivity contribution in [2.45, 2.75) is 4.34 Å². The van der Waals surface area contributed by atoms with Gasteiger partial charge in [-0.2, -0.15) is 0 Å². The smallest absolute Gasteiger partial charge is 0.355 e. The summed E-state index contributed by atoms with van der Waals surface area (Å²) in [6.45, 7) is 0. The second-order valence-corrected chi connectivity index (χ2v) is 4.36. The molecular formula is C6H5N5O2S2. The van der Waals surface area contributed by atoms with Crippen molar-refractivity contribution in [3.63, 3.8) is 0 Å². The maximum absolute atomic E-state index is 10.8. The van der Waals surface area contributed by atoms with Gasteiger partial charge in [-0.3, -0.25) is 0 Å². The number of thiol groups is 1. The lowest BCUT2D eigenvalue weighted by Crippen LogP contribution is -1.99. The van der Waals surface area contributed by atoms with Gasteiger partial charge in [0.25, 0.3) is 0 Å².